The molecule has 0 unspecified atom stereocenters. The zero-order valence-corrected chi connectivity index (χ0v) is 19.1. The van der Waals surface area contributed by atoms with Crippen LogP contribution in [-0.2, 0) is 27.1 Å². The monoisotopic (exact) mass is 440 g/mol. The van der Waals surface area contributed by atoms with Crippen molar-refractivity contribution in [3.8, 4) is 11.1 Å². The Balaban J connectivity index is 1.87. The Hall–Kier alpha value is -2.30. The Morgan fingerprint density at radius 3 is 2.35 bits per heavy atom. The molecule has 1 saturated carbocycles. The second-order valence-electron chi connectivity index (χ2n) is 8.38. The first kappa shape index (κ1) is 21.9. The number of esters is 1. The second-order valence-corrected chi connectivity index (χ2v) is 8.82. The topological polar surface area (TPSA) is 55.8 Å². The largest absolute Gasteiger partial charge is 0.507 e. The highest BCUT2D eigenvalue weighted by Crippen LogP contribution is 2.47. The fourth-order valence-corrected chi connectivity index (χ4v) is 5.15. The van der Waals surface area contributed by atoms with Gasteiger partial charge in [-0.25, -0.2) is 4.79 Å². The fourth-order valence-electron chi connectivity index (χ4n) is 5.02. The molecule has 2 aromatic carbocycles. The predicted molar refractivity (Wildman–Crippen MR) is 123 cm³/mol. The summed E-state index contributed by atoms with van der Waals surface area (Å²) in [6.07, 6.45) is 4.29. The number of aliphatic hydroxyl groups excluding tert-OH is 1. The van der Waals surface area contributed by atoms with Crippen LogP contribution in [0.1, 0.15) is 56.2 Å². The summed E-state index contributed by atoms with van der Waals surface area (Å²) in [6.45, 7) is 4.15. The molecule has 1 fully saturated rings. The third kappa shape index (κ3) is 3.77. The molecular weight excluding hydrogens is 412 g/mol. The maximum Gasteiger partial charge on any atom is 0.343 e. The lowest BCUT2D eigenvalue weighted by Crippen LogP contribution is -2.38. The molecule has 0 aromatic heterocycles. The van der Waals surface area contributed by atoms with Gasteiger partial charge in [-0.3, -0.25) is 0 Å². The lowest BCUT2D eigenvalue weighted by atomic mass is 9.79. The lowest BCUT2D eigenvalue weighted by Gasteiger charge is -2.35. The second kappa shape index (κ2) is 8.68. The first-order chi connectivity index (χ1) is 14.9. The summed E-state index contributed by atoms with van der Waals surface area (Å²) >= 11 is 6.09. The molecule has 0 amide bonds. The Labute approximate surface area is 188 Å². The van der Waals surface area contributed by atoms with Gasteiger partial charge in [-0.15, -0.1) is 0 Å². The summed E-state index contributed by atoms with van der Waals surface area (Å²) in [6, 6.07) is 11.9. The van der Waals surface area contributed by atoms with E-state index in [9.17, 15) is 9.90 Å². The molecule has 31 heavy (non-hydrogen) atoms. The molecule has 4 nitrogen and oxygen atoms in total. The zero-order valence-electron chi connectivity index (χ0n) is 18.3. The number of carbonyl (C=O) groups excluding carboxylic acids is 1. The lowest BCUT2D eigenvalue weighted by molar-refractivity contribution is -0.151. The van der Waals surface area contributed by atoms with Gasteiger partial charge in [0.05, 0.1) is 6.10 Å². The van der Waals surface area contributed by atoms with E-state index < -0.39 is 11.6 Å². The summed E-state index contributed by atoms with van der Waals surface area (Å²) < 4.78 is 11.4. The molecule has 2 aromatic rings. The van der Waals surface area contributed by atoms with Crippen molar-refractivity contribution in [1.82, 2.24) is 0 Å². The van der Waals surface area contributed by atoms with Crippen LogP contribution in [-0.4, -0.2) is 29.9 Å². The van der Waals surface area contributed by atoms with Crippen LogP contribution in [0.4, 0.5) is 0 Å². The summed E-state index contributed by atoms with van der Waals surface area (Å²) in [4.78, 5) is 13.1. The number of hydrogen-bond donors (Lipinski definition) is 1. The van der Waals surface area contributed by atoms with Crippen LogP contribution in [0.15, 0.2) is 42.2 Å². The van der Waals surface area contributed by atoms with E-state index >= 15 is 0 Å². The number of halogens is 1. The van der Waals surface area contributed by atoms with Crippen LogP contribution in [0, 0.1) is 0 Å². The molecule has 5 heteroatoms. The van der Waals surface area contributed by atoms with E-state index in [0.29, 0.717) is 23.4 Å². The Bertz CT molecular complexity index is 1010. The van der Waals surface area contributed by atoms with Crippen molar-refractivity contribution in [2.24, 2.45) is 0 Å². The highest BCUT2D eigenvalue weighted by molar-refractivity contribution is 6.30. The van der Waals surface area contributed by atoms with Crippen LogP contribution in [0.25, 0.3) is 16.7 Å². The van der Waals surface area contributed by atoms with Gasteiger partial charge < -0.3 is 14.6 Å². The molecule has 0 saturated heterocycles. The van der Waals surface area contributed by atoms with Crippen molar-refractivity contribution in [2.75, 3.05) is 7.11 Å². The Kier molecular flexibility index (Phi) is 6.14. The maximum absolute atomic E-state index is 13.1. The summed E-state index contributed by atoms with van der Waals surface area (Å²) in [5.41, 5.74) is 4.40. The van der Waals surface area contributed by atoms with Gasteiger partial charge in [-0.05, 0) is 78.5 Å². The highest BCUT2D eigenvalue weighted by atomic mass is 35.5. The van der Waals surface area contributed by atoms with Gasteiger partial charge in [-0.1, -0.05) is 49.7 Å². The van der Waals surface area contributed by atoms with Gasteiger partial charge in [0, 0.05) is 12.1 Å². The Morgan fingerprint density at radius 2 is 1.77 bits per heavy atom. The van der Waals surface area contributed by atoms with Crippen LogP contribution < -0.4 is 0 Å². The van der Waals surface area contributed by atoms with E-state index in [-0.39, 0.29) is 11.9 Å². The average molecular weight is 441 g/mol. The van der Waals surface area contributed by atoms with Crippen molar-refractivity contribution < 1.29 is 19.4 Å². The van der Waals surface area contributed by atoms with Crippen LogP contribution in [0.5, 0.6) is 0 Å². The molecule has 1 aliphatic heterocycles. The van der Waals surface area contributed by atoms with Gasteiger partial charge >= 0.3 is 5.97 Å². The van der Waals surface area contributed by atoms with Gasteiger partial charge in [0.15, 0.2) is 11.4 Å². The van der Waals surface area contributed by atoms with Crippen LogP contribution >= 0.6 is 11.6 Å². The van der Waals surface area contributed by atoms with Crippen molar-refractivity contribution in [3.05, 3.63) is 63.9 Å². The first-order valence-electron chi connectivity index (χ1n) is 11.0. The van der Waals surface area contributed by atoms with Gasteiger partial charge in [0.2, 0.25) is 0 Å². The predicted octanol–water partition coefficient (Wildman–Crippen LogP) is 6.29. The fraction of sp³-hybridized carbons (Fsp3) is 0.423. The molecule has 1 spiro atoms. The van der Waals surface area contributed by atoms with Crippen molar-refractivity contribution in [2.45, 2.75) is 64.1 Å². The number of methoxy groups -OCH3 is 1. The SMILES string of the molecule is CCc1ccc(-c2ccc(Cl)cc2)c(CC)c1C1=C(O)[C@]2(CC[C@@H](OC)CC2)OC1=O. The standard InChI is InChI=1S/C26H29ClO4/c1-4-16-8-11-21(17-6-9-18(27)10-7-17)20(5-2)22(16)23-24(28)26(31-25(23)29)14-12-19(30-3)13-15-26/h6-11,19,28H,4-5,12-15H2,1-3H3/t19-,26-. The first-order valence-corrected chi connectivity index (χ1v) is 11.4. The summed E-state index contributed by atoms with van der Waals surface area (Å²) in [7, 11) is 1.70. The van der Waals surface area contributed by atoms with Gasteiger partial charge in [-0.2, -0.15) is 0 Å². The van der Waals surface area contributed by atoms with E-state index in [4.69, 9.17) is 21.1 Å². The van der Waals surface area contributed by atoms with Gasteiger partial charge in [0.1, 0.15) is 5.57 Å². The van der Waals surface area contributed by atoms with Crippen molar-refractivity contribution in [1.29, 1.82) is 0 Å². The minimum atomic E-state index is -0.923. The number of aryl methyl sites for hydroxylation is 1. The van der Waals surface area contributed by atoms with E-state index in [1.165, 1.54) is 0 Å². The number of benzene rings is 2. The number of hydrogen-bond acceptors (Lipinski definition) is 4. The van der Waals surface area contributed by atoms with Crippen LogP contribution in [0.2, 0.25) is 5.02 Å². The maximum atomic E-state index is 13.1. The molecule has 0 atom stereocenters. The minimum absolute atomic E-state index is 0.0877. The zero-order chi connectivity index (χ0) is 22.2. The third-order valence-electron chi connectivity index (χ3n) is 6.77. The third-order valence-corrected chi connectivity index (χ3v) is 7.03. The van der Waals surface area contributed by atoms with Crippen molar-refractivity contribution >= 4 is 23.1 Å². The smallest absolute Gasteiger partial charge is 0.343 e. The molecule has 0 radical (unpaired) electrons. The molecule has 4 rings (SSSR count). The summed E-state index contributed by atoms with van der Waals surface area (Å²) in [5.74, 6) is -0.337. The van der Waals surface area contributed by atoms with Crippen LogP contribution in [0.3, 0.4) is 0 Å². The number of aliphatic hydroxyl groups is 1. The molecule has 1 N–H and O–H groups in total. The number of carbonyl (C=O) groups is 1. The average Bonchev–Trinajstić information content (AvgIpc) is 3.02. The van der Waals surface area contributed by atoms with Crippen molar-refractivity contribution in [3.63, 3.8) is 0 Å². The summed E-state index contributed by atoms with van der Waals surface area (Å²) in [5, 5.41) is 12.0. The molecule has 2 aliphatic rings. The highest BCUT2D eigenvalue weighted by Gasteiger charge is 2.51. The molecule has 0 bridgehead atoms. The van der Waals surface area contributed by atoms with E-state index in [1.807, 2.05) is 24.3 Å². The molecule has 1 heterocycles. The van der Waals surface area contributed by atoms with E-state index in [2.05, 4.69) is 26.0 Å². The number of rotatable bonds is 5. The van der Waals surface area contributed by atoms with Gasteiger partial charge in [0.25, 0.3) is 0 Å². The normalized spacial score (nSPS) is 23.5. The molecule has 1 aliphatic carbocycles. The quantitative estimate of drug-likeness (QED) is 0.555. The van der Waals surface area contributed by atoms with E-state index in [0.717, 1.165) is 53.5 Å². The number of ether oxygens (including phenoxy) is 2. The molecule has 164 valence electrons. The Morgan fingerprint density at radius 1 is 1.10 bits per heavy atom. The molecular formula is C26H29ClO4. The minimum Gasteiger partial charge on any atom is -0.507 e. The van der Waals surface area contributed by atoms with E-state index in [1.54, 1.807) is 7.11 Å².